The largest absolute Gasteiger partial charge is 0.478 e. The van der Waals surface area contributed by atoms with Gasteiger partial charge in [0.25, 0.3) is 0 Å². The maximum absolute atomic E-state index is 12.7. The average Bonchev–Trinajstić information content (AvgIpc) is 2.63. The quantitative estimate of drug-likeness (QED) is 0.212. The Bertz CT molecular complexity index is 720. The number of ether oxygens (including phenoxy) is 2. The second kappa shape index (κ2) is 11.0. The number of rotatable bonds is 10. The third kappa shape index (κ3) is 8.52. The molecule has 2 atom stereocenters. The van der Waals surface area contributed by atoms with Crippen LogP contribution in [-0.4, -0.2) is 43.8 Å². The van der Waals surface area contributed by atoms with Gasteiger partial charge in [0.05, 0.1) is 24.5 Å². The highest BCUT2D eigenvalue weighted by Gasteiger charge is 2.48. The van der Waals surface area contributed by atoms with E-state index in [2.05, 4.69) is 0 Å². The highest BCUT2D eigenvalue weighted by atomic mass is 31.2. The summed E-state index contributed by atoms with van der Waals surface area (Å²) in [4.78, 5) is 35.9. The Labute approximate surface area is 176 Å². The second-order valence-electron chi connectivity index (χ2n) is 8.57. The summed E-state index contributed by atoms with van der Waals surface area (Å²) in [5.41, 5.74) is -1.54. The molecule has 1 saturated heterocycles. The fraction of sp³-hybridized carbons (Fsp3) is 0.789. The molecule has 1 heterocycles. The van der Waals surface area contributed by atoms with Gasteiger partial charge in [-0.3, -0.25) is 23.4 Å². The number of carbonyl (C=O) groups is 3. The third-order valence-electron chi connectivity index (χ3n) is 4.13. The van der Waals surface area contributed by atoms with Crippen LogP contribution in [0.1, 0.15) is 60.3 Å². The van der Waals surface area contributed by atoms with Crippen molar-refractivity contribution < 1.29 is 42.0 Å². The second-order valence-corrected chi connectivity index (χ2v) is 10.2. The number of ketones is 1. The SMILES string of the molecule is CC(C)(C)C(=O)OCO[P@@]1(=O)OCC(C)(C)[C@H](C(=O)CCCC(=O)OCCC#N)O1. The lowest BCUT2D eigenvalue weighted by molar-refractivity contribution is -0.163. The minimum Gasteiger partial charge on any atom is -0.465 e. The lowest BCUT2D eigenvalue weighted by Crippen LogP contribution is -2.45. The Kier molecular flexibility index (Phi) is 9.63. The molecule has 0 aliphatic carbocycles. The molecular formula is C19H30NO9P. The van der Waals surface area contributed by atoms with Gasteiger partial charge in [0, 0.05) is 18.3 Å². The Balaban J connectivity index is 2.57. The molecule has 0 spiro atoms. The molecule has 0 aromatic rings. The van der Waals surface area contributed by atoms with Crippen LogP contribution in [0.25, 0.3) is 0 Å². The maximum atomic E-state index is 12.7. The average molecular weight is 447 g/mol. The molecule has 11 heteroatoms. The summed E-state index contributed by atoms with van der Waals surface area (Å²) in [6.45, 7) is 7.71. The molecule has 1 rings (SSSR count). The van der Waals surface area contributed by atoms with E-state index in [1.807, 2.05) is 6.07 Å². The number of nitrogens with zero attached hydrogens (tertiary/aromatic N) is 1. The fourth-order valence-corrected chi connectivity index (χ4v) is 3.90. The van der Waals surface area contributed by atoms with Crippen LogP contribution in [0.5, 0.6) is 0 Å². The van der Waals surface area contributed by atoms with E-state index in [1.54, 1.807) is 34.6 Å². The minimum absolute atomic E-state index is 0.000453. The molecule has 1 fully saturated rings. The van der Waals surface area contributed by atoms with Crippen molar-refractivity contribution in [1.29, 1.82) is 5.26 Å². The number of phosphoric acid groups is 1. The van der Waals surface area contributed by atoms with Crippen molar-refractivity contribution in [2.75, 3.05) is 20.0 Å². The summed E-state index contributed by atoms with van der Waals surface area (Å²) in [6, 6.07) is 1.86. The van der Waals surface area contributed by atoms with Crippen molar-refractivity contribution in [3.05, 3.63) is 0 Å². The van der Waals surface area contributed by atoms with Crippen LogP contribution in [0.2, 0.25) is 0 Å². The monoisotopic (exact) mass is 447 g/mol. The summed E-state index contributed by atoms with van der Waals surface area (Å²) >= 11 is 0. The Morgan fingerprint density at radius 3 is 2.47 bits per heavy atom. The zero-order valence-corrected chi connectivity index (χ0v) is 19.0. The molecule has 0 radical (unpaired) electrons. The summed E-state index contributed by atoms with van der Waals surface area (Å²) in [6.07, 6.45) is -0.743. The van der Waals surface area contributed by atoms with Gasteiger partial charge in [-0.15, -0.1) is 0 Å². The van der Waals surface area contributed by atoms with Gasteiger partial charge in [0.1, 0.15) is 12.7 Å². The van der Waals surface area contributed by atoms with Crippen LogP contribution >= 0.6 is 7.82 Å². The molecule has 0 N–H and O–H groups in total. The van der Waals surface area contributed by atoms with Crippen LogP contribution in [0.3, 0.4) is 0 Å². The predicted molar refractivity (Wildman–Crippen MR) is 104 cm³/mol. The van der Waals surface area contributed by atoms with Gasteiger partial charge in [0.15, 0.2) is 5.78 Å². The molecule has 30 heavy (non-hydrogen) atoms. The van der Waals surface area contributed by atoms with E-state index in [-0.39, 0.29) is 44.7 Å². The number of hydrogen-bond donors (Lipinski definition) is 0. The third-order valence-corrected chi connectivity index (χ3v) is 5.46. The Morgan fingerprint density at radius 2 is 1.87 bits per heavy atom. The molecule has 0 unspecified atom stereocenters. The molecule has 0 amide bonds. The molecule has 1 aliphatic heterocycles. The number of Topliss-reactive ketones (excluding diaryl/α,β-unsaturated/α-hetero) is 1. The van der Waals surface area contributed by atoms with Crippen molar-refractivity contribution in [3.63, 3.8) is 0 Å². The standard InChI is InChI=1S/C19H30NO9P/c1-18(2,3)17(23)26-13-28-30(24)27-12-19(4,5)16(29-30)14(21)8-6-9-15(22)25-11-7-10-20/h16H,6-9,11-13H2,1-5H3/t16-,30+/m0/s1. The van der Waals surface area contributed by atoms with Crippen LogP contribution in [-0.2, 0) is 42.0 Å². The first-order valence-corrected chi connectivity index (χ1v) is 11.1. The van der Waals surface area contributed by atoms with Gasteiger partial charge in [-0.25, -0.2) is 9.09 Å². The first kappa shape index (κ1) is 26.2. The minimum atomic E-state index is -4.10. The normalized spacial score (nSPS) is 23.3. The van der Waals surface area contributed by atoms with Gasteiger partial charge in [0.2, 0.25) is 6.79 Å². The molecule has 170 valence electrons. The summed E-state index contributed by atoms with van der Waals surface area (Å²) in [5, 5.41) is 8.41. The van der Waals surface area contributed by atoms with E-state index in [1.165, 1.54) is 0 Å². The van der Waals surface area contributed by atoms with Crippen molar-refractivity contribution in [2.45, 2.75) is 66.4 Å². The van der Waals surface area contributed by atoms with Gasteiger partial charge in [-0.05, 0) is 27.2 Å². The van der Waals surface area contributed by atoms with Gasteiger partial charge < -0.3 is 9.47 Å². The zero-order chi connectivity index (χ0) is 23.0. The highest BCUT2D eigenvalue weighted by molar-refractivity contribution is 7.48. The molecule has 0 saturated carbocycles. The Morgan fingerprint density at radius 1 is 1.20 bits per heavy atom. The van der Waals surface area contributed by atoms with Gasteiger partial charge >= 0.3 is 19.8 Å². The van der Waals surface area contributed by atoms with E-state index in [0.717, 1.165) is 0 Å². The first-order chi connectivity index (χ1) is 13.8. The number of phosphoric ester groups is 1. The summed E-state index contributed by atoms with van der Waals surface area (Å²) in [5.74, 6) is -1.41. The van der Waals surface area contributed by atoms with E-state index < -0.39 is 43.5 Å². The summed E-state index contributed by atoms with van der Waals surface area (Å²) < 4.78 is 38.0. The molecule has 0 aromatic heterocycles. The van der Waals surface area contributed by atoms with E-state index in [9.17, 15) is 18.9 Å². The zero-order valence-electron chi connectivity index (χ0n) is 18.1. The number of nitriles is 1. The predicted octanol–water partition coefficient (Wildman–Crippen LogP) is 3.30. The van der Waals surface area contributed by atoms with E-state index >= 15 is 0 Å². The smallest absolute Gasteiger partial charge is 0.465 e. The van der Waals surface area contributed by atoms with Crippen LogP contribution < -0.4 is 0 Å². The molecule has 1 aliphatic rings. The van der Waals surface area contributed by atoms with Crippen molar-refractivity contribution in [3.8, 4) is 6.07 Å². The van der Waals surface area contributed by atoms with Crippen molar-refractivity contribution in [1.82, 2.24) is 0 Å². The van der Waals surface area contributed by atoms with E-state index in [4.69, 9.17) is 28.3 Å². The number of carbonyl (C=O) groups excluding carboxylic acids is 3. The molecule has 0 aromatic carbocycles. The molecular weight excluding hydrogens is 417 g/mol. The summed E-state index contributed by atoms with van der Waals surface area (Å²) in [7, 11) is -4.10. The lowest BCUT2D eigenvalue weighted by atomic mass is 9.84. The van der Waals surface area contributed by atoms with Crippen molar-refractivity contribution in [2.24, 2.45) is 10.8 Å². The fourth-order valence-electron chi connectivity index (χ4n) is 2.37. The first-order valence-electron chi connectivity index (χ1n) is 9.61. The number of esters is 2. The van der Waals surface area contributed by atoms with Crippen LogP contribution in [0, 0.1) is 22.2 Å². The van der Waals surface area contributed by atoms with Gasteiger partial charge in [-0.2, -0.15) is 5.26 Å². The van der Waals surface area contributed by atoms with Gasteiger partial charge in [-0.1, -0.05) is 13.8 Å². The highest BCUT2D eigenvalue weighted by Crippen LogP contribution is 2.57. The molecule has 10 nitrogen and oxygen atoms in total. The topological polar surface area (TPSA) is 138 Å². The Hall–Kier alpha value is -1.79. The van der Waals surface area contributed by atoms with Crippen LogP contribution in [0.4, 0.5) is 0 Å². The maximum Gasteiger partial charge on any atom is 0.478 e. The van der Waals surface area contributed by atoms with Crippen LogP contribution in [0.15, 0.2) is 0 Å². The number of hydrogen-bond acceptors (Lipinski definition) is 10. The van der Waals surface area contributed by atoms with E-state index in [0.29, 0.717) is 0 Å². The molecule has 0 bridgehead atoms. The lowest BCUT2D eigenvalue weighted by Gasteiger charge is -2.39. The van der Waals surface area contributed by atoms with Crippen molar-refractivity contribution >= 4 is 25.5 Å².